The Morgan fingerprint density at radius 2 is 1.78 bits per heavy atom. The van der Waals surface area contributed by atoms with Gasteiger partial charge in [0.05, 0.1) is 11.1 Å². The Labute approximate surface area is 104 Å². The van der Waals surface area contributed by atoms with Crippen molar-refractivity contribution >= 4 is 10.9 Å². The van der Waals surface area contributed by atoms with Crippen LogP contribution in [0.4, 0.5) is 0 Å². The molecule has 0 amide bonds. The molecule has 0 saturated carbocycles. The van der Waals surface area contributed by atoms with Crippen LogP contribution in [-0.2, 0) is 0 Å². The first-order valence-electron chi connectivity index (χ1n) is 5.60. The second-order valence-corrected chi connectivity index (χ2v) is 3.91. The lowest BCUT2D eigenvalue weighted by atomic mass is 10.1. The summed E-state index contributed by atoms with van der Waals surface area (Å²) in [5.41, 5.74) is 2.23. The molecule has 0 N–H and O–H groups in total. The van der Waals surface area contributed by atoms with Gasteiger partial charge in [0.1, 0.15) is 6.07 Å². The highest BCUT2D eigenvalue weighted by Crippen LogP contribution is 2.20. The third kappa shape index (κ3) is 1.70. The molecule has 3 heteroatoms. The summed E-state index contributed by atoms with van der Waals surface area (Å²) in [6.07, 6.45) is 1.76. The van der Waals surface area contributed by atoms with Gasteiger partial charge >= 0.3 is 0 Å². The van der Waals surface area contributed by atoms with E-state index in [-0.39, 0.29) is 0 Å². The molecule has 0 fully saturated rings. The maximum Gasteiger partial charge on any atom is 0.159 e. The van der Waals surface area contributed by atoms with E-state index in [2.05, 4.69) is 16.0 Å². The van der Waals surface area contributed by atoms with E-state index in [9.17, 15) is 0 Å². The zero-order chi connectivity index (χ0) is 12.4. The van der Waals surface area contributed by atoms with E-state index in [0.717, 1.165) is 10.9 Å². The number of rotatable bonds is 1. The van der Waals surface area contributed by atoms with Crippen LogP contribution in [0.2, 0.25) is 0 Å². The summed E-state index contributed by atoms with van der Waals surface area (Å²) in [5, 5.41) is 9.97. The van der Waals surface area contributed by atoms with Gasteiger partial charge in [-0.1, -0.05) is 42.5 Å². The zero-order valence-corrected chi connectivity index (χ0v) is 9.54. The van der Waals surface area contributed by atoms with Gasteiger partial charge in [-0.15, -0.1) is 0 Å². The minimum Gasteiger partial charge on any atom is -0.236 e. The number of aromatic nitrogens is 2. The summed E-state index contributed by atoms with van der Waals surface area (Å²) in [4.78, 5) is 8.81. The molecule has 0 unspecified atom stereocenters. The Morgan fingerprint density at radius 1 is 0.944 bits per heavy atom. The first-order valence-corrected chi connectivity index (χ1v) is 5.60. The molecule has 1 aromatic heterocycles. The molecule has 3 aromatic rings. The van der Waals surface area contributed by atoms with Crippen molar-refractivity contribution < 1.29 is 0 Å². The highest BCUT2D eigenvalue weighted by Gasteiger charge is 2.05. The van der Waals surface area contributed by atoms with Crippen molar-refractivity contribution in [2.75, 3.05) is 0 Å². The van der Waals surface area contributed by atoms with Crippen LogP contribution in [0.15, 0.2) is 54.7 Å². The van der Waals surface area contributed by atoms with Crippen molar-refractivity contribution in [1.82, 2.24) is 9.97 Å². The molecule has 0 spiro atoms. The SMILES string of the molecule is N#Cc1cccc2cnc(-c3ccccc3)nc12. The van der Waals surface area contributed by atoms with Crippen molar-refractivity contribution in [1.29, 1.82) is 5.26 Å². The molecule has 84 valence electrons. The summed E-state index contributed by atoms with van der Waals surface area (Å²) in [6, 6.07) is 17.4. The van der Waals surface area contributed by atoms with Gasteiger partial charge in [0.2, 0.25) is 0 Å². The van der Waals surface area contributed by atoms with E-state index in [1.54, 1.807) is 12.3 Å². The van der Waals surface area contributed by atoms with E-state index >= 15 is 0 Å². The van der Waals surface area contributed by atoms with Crippen molar-refractivity contribution in [3.05, 3.63) is 60.3 Å². The Morgan fingerprint density at radius 3 is 2.56 bits per heavy atom. The molecule has 0 saturated heterocycles. The van der Waals surface area contributed by atoms with Crippen LogP contribution in [0.3, 0.4) is 0 Å². The van der Waals surface area contributed by atoms with Gasteiger partial charge in [-0.3, -0.25) is 0 Å². The Hall–Kier alpha value is -2.73. The molecule has 3 nitrogen and oxygen atoms in total. The van der Waals surface area contributed by atoms with Crippen LogP contribution in [0, 0.1) is 11.3 Å². The number of fused-ring (bicyclic) bond motifs is 1. The Balaban J connectivity index is 2.26. The highest BCUT2D eigenvalue weighted by atomic mass is 14.9. The molecule has 0 radical (unpaired) electrons. The van der Waals surface area contributed by atoms with Gasteiger partial charge in [0.15, 0.2) is 5.82 Å². The van der Waals surface area contributed by atoms with E-state index in [1.807, 2.05) is 42.5 Å². The van der Waals surface area contributed by atoms with Gasteiger partial charge in [-0.05, 0) is 6.07 Å². The molecular formula is C15H9N3. The van der Waals surface area contributed by atoms with E-state index in [0.29, 0.717) is 16.9 Å². The Kier molecular flexibility index (Phi) is 2.47. The van der Waals surface area contributed by atoms with Crippen LogP contribution in [-0.4, -0.2) is 9.97 Å². The Bertz CT molecular complexity index is 743. The number of para-hydroxylation sites is 1. The van der Waals surface area contributed by atoms with Crippen LogP contribution in [0.5, 0.6) is 0 Å². The third-order valence-corrected chi connectivity index (χ3v) is 2.76. The lowest BCUT2D eigenvalue weighted by Gasteiger charge is -2.03. The quantitative estimate of drug-likeness (QED) is 0.646. The van der Waals surface area contributed by atoms with Crippen LogP contribution in [0.1, 0.15) is 5.56 Å². The lowest BCUT2D eigenvalue weighted by molar-refractivity contribution is 1.22. The number of benzene rings is 2. The molecule has 0 aliphatic heterocycles. The maximum atomic E-state index is 9.09. The monoisotopic (exact) mass is 231 g/mol. The van der Waals surface area contributed by atoms with E-state index < -0.39 is 0 Å². The number of hydrogen-bond acceptors (Lipinski definition) is 3. The predicted molar refractivity (Wildman–Crippen MR) is 69.7 cm³/mol. The summed E-state index contributed by atoms with van der Waals surface area (Å²) in [6.45, 7) is 0. The number of hydrogen-bond donors (Lipinski definition) is 0. The fourth-order valence-corrected chi connectivity index (χ4v) is 1.87. The zero-order valence-electron chi connectivity index (χ0n) is 9.54. The van der Waals surface area contributed by atoms with Crippen molar-refractivity contribution in [3.8, 4) is 17.5 Å². The fraction of sp³-hybridized carbons (Fsp3) is 0. The van der Waals surface area contributed by atoms with Crippen molar-refractivity contribution in [3.63, 3.8) is 0 Å². The average Bonchev–Trinajstić information content (AvgIpc) is 2.47. The smallest absolute Gasteiger partial charge is 0.159 e. The van der Waals surface area contributed by atoms with Gasteiger partial charge in [0.25, 0.3) is 0 Å². The topological polar surface area (TPSA) is 49.6 Å². The summed E-state index contributed by atoms with van der Waals surface area (Å²) >= 11 is 0. The molecular weight excluding hydrogens is 222 g/mol. The van der Waals surface area contributed by atoms with E-state index in [4.69, 9.17) is 5.26 Å². The summed E-state index contributed by atoms with van der Waals surface area (Å²) < 4.78 is 0. The molecule has 0 bridgehead atoms. The molecule has 3 rings (SSSR count). The van der Waals surface area contributed by atoms with Gasteiger partial charge < -0.3 is 0 Å². The predicted octanol–water partition coefficient (Wildman–Crippen LogP) is 3.17. The van der Waals surface area contributed by atoms with Gasteiger partial charge in [-0.2, -0.15) is 5.26 Å². The first kappa shape index (κ1) is 10.4. The van der Waals surface area contributed by atoms with Crippen LogP contribution < -0.4 is 0 Å². The minimum absolute atomic E-state index is 0.576. The standard InChI is InChI=1S/C15H9N3/c16-9-12-7-4-8-13-10-17-15(18-14(12)13)11-5-2-1-3-6-11/h1-8,10H. The maximum absolute atomic E-state index is 9.09. The average molecular weight is 231 g/mol. The molecule has 0 aliphatic rings. The van der Waals surface area contributed by atoms with Gasteiger partial charge in [-0.25, -0.2) is 9.97 Å². The largest absolute Gasteiger partial charge is 0.236 e. The lowest BCUT2D eigenvalue weighted by Crippen LogP contribution is -1.91. The molecule has 0 atom stereocenters. The van der Waals surface area contributed by atoms with Crippen molar-refractivity contribution in [2.45, 2.75) is 0 Å². The fourth-order valence-electron chi connectivity index (χ4n) is 1.87. The second-order valence-electron chi connectivity index (χ2n) is 3.91. The number of nitriles is 1. The van der Waals surface area contributed by atoms with Crippen molar-refractivity contribution in [2.24, 2.45) is 0 Å². The third-order valence-electron chi connectivity index (χ3n) is 2.76. The first-order chi connectivity index (χ1) is 8.88. The van der Waals surface area contributed by atoms with Crippen LogP contribution in [0.25, 0.3) is 22.3 Å². The molecule has 0 aliphatic carbocycles. The molecule has 2 aromatic carbocycles. The van der Waals surface area contributed by atoms with E-state index in [1.165, 1.54) is 0 Å². The second kappa shape index (κ2) is 4.27. The molecule has 18 heavy (non-hydrogen) atoms. The minimum atomic E-state index is 0.576. The molecule has 1 heterocycles. The van der Waals surface area contributed by atoms with Gasteiger partial charge in [0, 0.05) is 17.1 Å². The number of nitrogens with zero attached hydrogens (tertiary/aromatic N) is 3. The summed E-state index contributed by atoms with van der Waals surface area (Å²) in [7, 11) is 0. The normalized spacial score (nSPS) is 10.2. The summed E-state index contributed by atoms with van der Waals surface area (Å²) in [5.74, 6) is 0.644. The van der Waals surface area contributed by atoms with Crippen LogP contribution >= 0.6 is 0 Å². The highest BCUT2D eigenvalue weighted by molar-refractivity contribution is 5.84.